The first kappa shape index (κ1) is 19.6. The number of hydrogen-bond donors (Lipinski definition) is 0. The first-order chi connectivity index (χ1) is 13.0. The highest BCUT2D eigenvalue weighted by Gasteiger charge is 2.14. The first-order valence-electron chi connectivity index (χ1n) is 8.44. The molecule has 0 saturated carbocycles. The van der Waals surface area contributed by atoms with Gasteiger partial charge in [-0.1, -0.05) is 58.0 Å². The molecule has 1 aromatic heterocycles. The van der Waals surface area contributed by atoms with Crippen LogP contribution in [0.3, 0.4) is 0 Å². The average Bonchev–Trinajstić information content (AvgIpc) is 3.00. The highest BCUT2D eigenvalue weighted by atomic mass is 79.9. The highest BCUT2D eigenvalue weighted by Crippen LogP contribution is 2.24. The molecule has 140 valence electrons. The summed E-state index contributed by atoms with van der Waals surface area (Å²) in [6.45, 7) is 4.37. The molecule has 0 saturated heterocycles. The zero-order valence-electron chi connectivity index (χ0n) is 15.4. The van der Waals surface area contributed by atoms with E-state index in [-0.39, 0.29) is 5.78 Å². The molecule has 0 fully saturated rings. The topological polar surface area (TPSA) is 57.0 Å². The number of benzene rings is 2. The van der Waals surface area contributed by atoms with Crippen molar-refractivity contribution in [1.29, 1.82) is 0 Å². The third-order valence-corrected chi connectivity index (χ3v) is 5.73. The fraction of sp³-hybridized carbons (Fsp3) is 0.250. The second kappa shape index (κ2) is 8.71. The molecule has 0 unspecified atom stereocenters. The van der Waals surface area contributed by atoms with Crippen LogP contribution in [-0.2, 0) is 13.7 Å². The molecule has 0 spiro atoms. The van der Waals surface area contributed by atoms with Crippen LogP contribution < -0.4 is 4.74 Å². The second-order valence-electron chi connectivity index (χ2n) is 6.19. The van der Waals surface area contributed by atoms with Crippen LogP contribution in [0.1, 0.15) is 27.3 Å². The molecular formula is C20H20BrN3O2S. The molecule has 0 aliphatic heterocycles. The van der Waals surface area contributed by atoms with Gasteiger partial charge in [0.25, 0.3) is 0 Å². The minimum Gasteiger partial charge on any atom is -0.485 e. The van der Waals surface area contributed by atoms with E-state index in [1.165, 1.54) is 11.8 Å². The van der Waals surface area contributed by atoms with Crippen LogP contribution >= 0.6 is 27.7 Å². The van der Waals surface area contributed by atoms with Crippen LogP contribution in [0.2, 0.25) is 0 Å². The number of ether oxygens (including phenoxy) is 1. The molecule has 27 heavy (non-hydrogen) atoms. The van der Waals surface area contributed by atoms with Gasteiger partial charge in [0.05, 0.1) is 5.75 Å². The Labute approximate surface area is 171 Å². The molecule has 2 aromatic carbocycles. The van der Waals surface area contributed by atoms with E-state index in [9.17, 15) is 4.79 Å². The number of rotatable bonds is 7. The summed E-state index contributed by atoms with van der Waals surface area (Å²) in [6.07, 6.45) is 0. The van der Waals surface area contributed by atoms with E-state index < -0.39 is 0 Å². The Balaban J connectivity index is 1.61. The molecule has 7 heteroatoms. The molecule has 3 aromatic rings. The molecule has 1 heterocycles. The fourth-order valence-electron chi connectivity index (χ4n) is 2.61. The van der Waals surface area contributed by atoms with Gasteiger partial charge in [0.1, 0.15) is 12.4 Å². The van der Waals surface area contributed by atoms with E-state index in [4.69, 9.17) is 4.74 Å². The Hall–Kier alpha value is -2.12. The van der Waals surface area contributed by atoms with Crippen molar-refractivity contribution in [3.05, 3.63) is 69.5 Å². The third kappa shape index (κ3) is 4.78. The van der Waals surface area contributed by atoms with Crippen molar-refractivity contribution in [3.63, 3.8) is 0 Å². The van der Waals surface area contributed by atoms with Crippen molar-refractivity contribution in [1.82, 2.24) is 14.8 Å². The van der Waals surface area contributed by atoms with E-state index in [2.05, 4.69) is 26.1 Å². The number of halogens is 1. The lowest BCUT2D eigenvalue weighted by Crippen LogP contribution is -2.07. The average molecular weight is 446 g/mol. The standard InChI is InChI=1S/C20H20BrN3O2S/c1-13-5-4-6-14(2)19(13)26-11-18-22-23-20(24(18)3)27-12-17(25)15-7-9-16(21)10-8-15/h4-10H,11-12H2,1-3H3. The number of ketones is 1. The van der Waals surface area contributed by atoms with Gasteiger partial charge in [-0.15, -0.1) is 10.2 Å². The Morgan fingerprint density at radius 3 is 2.44 bits per heavy atom. The monoisotopic (exact) mass is 445 g/mol. The Morgan fingerprint density at radius 2 is 1.78 bits per heavy atom. The summed E-state index contributed by atoms with van der Waals surface area (Å²) in [4.78, 5) is 12.3. The van der Waals surface area contributed by atoms with Gasteiger partial charge < -0.3 is 9.30 Å². The zero-order chi connectivity index (χ0) is 19.4. The number of carbonyl (C=O) groups excluding carboxylic acids is 1. The summed E-state index contributed by atoms with van der Waals surface area (Å²) in [6, 6.07) is 13.4. The van der Waals surface area contributed by atoms with Gasteiger partial charge in [0.2, 0.25) is 0 Å². The van der Waals surface area contributed by atoms with E-state index >= 15 is 0 Å². The predicted molar refractivity (Wildman–Crippen MR) is 110 cm³/mol. The smallest absolute Gasteiger partial charge is 0.191 e. The van der Waals surface area contributed by atoms with E-state index in [0.29, 0.717) is 23.1 Å². The molecule has 0 aliphatic rings. The summed E-state index contributed by atoms with van der Waals surface area (Å²) < 4.78 is 8.77. The molecule has 0 N–H and O–H groups in total. The van der Waals surface area contributed by atoms with Crippen LogP contribution in [0, 0.1) is 13.8 Å². The first-order valence-corrected chi connectivity index (χ1v) is 10.2. The summed E-state index contributed by atoms with van der Waals surface area (Å²) in [5.74, 6) is 1.96. The van der Waals surface area contributed by atoms with E-state index in [0.717, 1.165) is 27.2 Å². The lowest BCUT2D eigenvalue weighted by atomic mass is 10.1. The van der Waals surface area contributed by atoms with Crippen molar-refractivity contribution in [2.45, 2.75) is 25.6 Å². The second-order valence-corrected chi connectivity index (χ2v) is 8.04. The van der Waals surface area contributed by atoms with Crippen molar-refractivity contribution < 1.29 is 9.53 Å². The minimum atomic E-state index is 0.0591. The molecule has 0 bridgehead atoms. The van der Waals surface area contributed by atoms with Crippen LogP contribution in [-0.4, -0.2) is 26.3 Å². The van der Waals surface area contributed by atoms with Gasteiger partial charge in [0.15, 0.2) is 16.8 Å². The normalized spacial score (nSPS) is 10.8. The quantitative estimate of drug-likeness (QED) is 0.387. The summed E-state index contributed by atoms with van der Waals surface area (Å²) >= 11 is 4.75. The fourth-order valence-corrected chi connectivity index (χ4v) is 3.70. The lowest BCUT2D eigenvalue weighted by Gasteiger charge is -2.11. The largest absolute Gasteiger partial charge is 0.485 e. The number of aromatic nitrogens is 3. The number of Topliss-reactive ketones (excluding diaryl/α,β-unsaturated/α-hetero) is 1. The van der Waals surface area contributed by atoms with Crippen molar-refractivity contribution in [2.75, 3.05) is 5.75 Å². The lowest BCUT2D eigenvalue weighted by molar-refractivity contribution is 0.102. The van der Waals surface area contributed by atoms with Gasteiger partial charge in [0, 0.05) is 17.1 Å². The van der Waals surface area contributed by atoms with Crippen LogP contribution in [0.4, 0.5) is 0 Å². The van der Waals surface area contributed by atoms with Crippen molar-refractivity contribution in [2.24, 2.45) is 7.05 Å². The SMILES string of the molecule is Cc1cccc(C)c1OCc1nnc(SCC(=O)c2ccc(Br)cc2)n1C. The summed E-state index contributed by atoms with van der Waals surface area (Å²) in [5, 5.41) is 9.09. The van der Waals surface area contributed by atoms with Gasteiger partial charge in [-0.2, -0.15) is 0 Å². The molecule has 3 rings (SSSR count). The molecule has 0 atom stereocenters. The summed E-state index contributed by atoms with van der Waals surface area (Å²) in [7, 11) is 1.88. The van der Waals surface area contributed by atoms with E-state index in [1.54, 1.807) is 0 Å². The van der Waals surface area contributed by atoms with Gasteiger partial charge in [-0.25, -0.2) is 0 Å². The number of para-hydroxylation sites is 1. The molecule has 5 nitrogen and oxygen atoms in total. The van der Waals surface area contributed by atoms with Gasteiger partial charge >= 0.3 is 0 Å². The van der Waals surface area contributed by atoms with Gasteiger partial charge in [-0.05, 0) is 37.1 Å². The number of thioether (sulfide) groups is 1. The molecule has 0 aliphatic carbocycles. The Kier molecular flexibility index (Phi) is 6.34. The van der Waals surface area contributed by atoms with Crippen molar-refractivity contribution >= 4 is 33.5 Å². The van der Waals surface area contributed by atoms with Crippen LogP contribution in [0.5, 0.6) is 5.75 Å². The zero-order valence-corrected chi connectivity index (χ0v) is 17.8. The highest BCUT2D eigenvalue weighted by molar-refractivity contribution is 9.10. The number of nitrogens with zero attached hydrogens (tertiary/aromatic N) is 3. The maximum absolute atomic E-state index is 12.3. The van der Waals surface area contributed by atoms with Crippen molar-refractivity contribution in [3.8, 4) is 5.75 Å². The molecular weight excluding hydrogens is 426 g/mol. The Bertz CT molecular complexity index is 934. The minimum absolute atomic E-state index is 0.0591. The maximum Gasteiger partial charge on any atom is 0.191 e. The van der Waals surface area contributed by atoms with E-state index in [1.807, 2.05) is 67.9 Å². The van der Waals surface area contributed by atoms with Crippen LogP contribution in [0.15, 0.2) is 52.1 Å². The predicted octanol–water partition coefficient (Wildman–Crippen LogP) is 4.75. The van der Waals surface area contributed by atoms with Crippen LogP contribution in [0.25, 0.3) is 0 Å². The molecule has 0 amide bonds. The Morgan fingerprint density at radius 1 is 1.11 bits per heavy atom. The number of hydrogen-bond acceptors (Lipinski definition) is 5. The van der Waals surface area contributed by atoms with Gasteiger partial charge in [-0.3, -0.25) is 4.79 Å². The molecule has 0 radical (unpaired) electrons. The number of aryl methyl sites for hydroxylation is 2. The number of carbonyl (C=O) groups is 1. The summed E-state index contributed by atoms with van der Waals surface area (Å²) in [5.41, 5.74) is 2.87. The maximum atomic E-state index is 12.3. The third-order valence-electron chi connectivity index (χ3n) is 4.18.